The Bertz CT molecular complexity index is 756. The molecule has 4 rings (SSSR count). The highest BCUT2D eigenvalue weighted by Crippen LogP contribution is 2.35. The maximum Gasteiger partial charge on any atom is 0.273 e. The number of aromatic nitrogens is 1. The van der Waals surface area contributed by atoms with E-state index in [1.807, 2.05) is 23.1 Å². The zero-order valence-electron chi connectivity index (χ0n) is 13.3. The zero-order valence-corrected chi connectivity index (χ0v) is 14.1. The van der Waals surface area contributed by atoms with Crippen LogP contribution >= 0.6 is 11.3 Å². The van der Waals surface area contributed by atoms with E-state index in [0.717, 1.165) is 37.6 Å². The van der Waals surface area contributed by atoms with Crippen molar-refractivity contribution in [1.29, 1.82) is 0 Å². The first-order valence-corrected chi connectivity index (χ1v) is 8.67. The van der Waals surface area contributed by atoms with Crippen molar-refractivity contribution in [2.75, 3.05) is 45.3 Å². The number of piperazine rings is 1. The summed E-state index contributed by atoms with van der Waals surface area (Å²) in [7, 11) is 2.07. The lowest BCUT2D eigenvalue weighted by Crippen LogP contribution is -2.47. The minimum absolute atomic E-state index is 0.00177. The van der Waals surface area contributed by atoms with Crippen LogP contribution in [0.25, 0.3) is 0 Å². The van der Waals surface area contributed by atoms with E-state index >= 15 is 0 Å². The van der Waals surface area contributed by atoms with Crippen LogP contribution in [0.2, 0.25) is 0 Å². The molecular formula is C16H18N4O3S. The van der Waals surface area contributed by atoms with Gasteiger partial charge in [0.15, 0.2) is 16.6 Å². The van der Waals surface area contributed by atoms with Gasteiger partial charge in [0, 0.05) is 43.3 Å². The van der Waals surface area contributed by atoms with Gasteiger partial charge in [-0.2, -0.15) is 0 Å². The number of likely N-dealkylation sites (N-methyl/N-ethyl adjacent to an activating group) is 1. The molecule has 2 aliphatic heterocycles. The van der Waals surface area contributed by atoms with E-state index in [0.29, 0.717) is 16.6 Å². The van der Waals surface area contributed by atoms with Crippen molar-refractivity contribution in [3.8, 4) is 11.5 Å². The molecule has 1 fully saturated rings. The predicted molar refractivity (Wildman–Crippen MR) is 91.4 cm³/mol. The molecule has 0 spiro atoms. The van der Waals surface area contributed by atoms with Crippen LogP contribution in [0.3, 0.4) is 0 Å². The number of nitrogens with one attached hydrogen (secondary N) is 1. The Morgan fingerprint density at radius 1 is 1.21 bits per heavy atom. The number of hydrogen-bond acceptors (Lipinski definition) is 7. The Morgan fingerprint density at radius 3 is 2.83 bits per heavy atom. The first-order valence-electron chi connectivity index (χ1n) is 7.79. The second-order valence-corrected chi connectivity index (χ2v) is 6.68. The first-order chi connectivity index (χ1) is 11.7. The third-order valence-electron chi connectivity index (χ3n) is 4.14. The SMILES string of the molecule is CN1CCN(C(=O)c2csc(Nc3ccc4c(c3)OCO4)n2)CC1. The quantitative estimate of drug-likeness (QED) is 0.917. The fourth-order valence-corrected chi connectivity index (χ4v) is 3.40. The van der Waals surface area contributed by atoms with Gasteiger partial charge >= 0.3 is 0 Å². The summed E-state index contributed by atoms with van der Waals surface area (Å²) in [4.78, 5) is 21.0. The Morgan fingerprint density at radius 2 is 2.00 bits per heavy atom. The molecule has 126 valence electrons. The lowest BCUT2D eigenvalue weighted by molar-refractivity contribution is 0.0659. The van der Waals surface area contributed by atoms with E-state index in [-0.39, 0.29) is 12.7 Å². The third-order valence-corrected chi connectivity index (χ3v) is 4.90. The summed E-state index contributed by atoms with van der Waals surface area (Å²) in [5, 5.41) is 5.70. The smallest absolute Gasteiger partial charge is 0.273 e. The van der Waals surface area contributed by atoms with Gasteiger partial charge in [0.05, 0.1) is 0 Å². The van der Waals surface area contributed by atoms with Crippen molar-refractivity contribution in [2.45, 2.75) is 0 Å². The van der Waals surface area contributed by atoms with Gasteiger partial charge in [0.25, 0.3) is 5.91 Å². The highest BCUT2D eigenvalue weighted by atomic mass is 32.1. The van der Waals surface area contributed by atoms with Gasteiger partial charge in [0.1, 0.15) is 5.69 Å². The molecule has 0 unspecified atom stereocenters. The van der Waals surface area contributed by atoms with E-state index in [2.05, 4.69) is 22.2 Å². The minimum Gasteiger partial charge on any atom is -0.454 e. The van der Waals surface area contributed by atoms with Crippen molar-refractivity contribution < 1.29 is 14.3 Å². The highest BCUT2D eigenvalue weighted by Gasteiger charge is 2.22. The van der Waals surface area contributed by atoms with Crippen molar-refractivity contribution >= 4 is 28.1 Å². The fourth-order valence-electron chi connectivity index (χ4n) is 2.70. The summed E-state index contributed by atoms with van der Waals surface area (Å²) in [5.74, 6) is 1.45. The van der Waals surface area contributed by atoms with Gasteiger partial charge < -0.3 is 24.6 Å². The summed E-state index contributed by atoms with van der Waals surface area (Å²) in [6.07, 6.45) is 0. The minimum atomic E-state index is -0.00177. The molecule has 1 aromatic heterocycles. The molecule has 2 aromatic rings. The normalized spacial score (nSPS) is 17.1. The molecular weight excluding hydrogens is 328 g/mol. The molecule has 1 N–H and O–H groups in total. The Kier molecular flexibility index (Phi) is 3.99. The summed E-state index contributed by atoms with van der Waals surface area (Å²) >= 11 is 1.42. The van der Waals surface area contributed by atoms with Crippen molar-refractivity contribution in [3.05, 3.63) is 29.3 Å². The van der Waals surface area contributed by atoms with Crippen molar-refractivity contribution in [2.24, 2.45) is 0 Å². The maximum atomic E-state index is 12.5. The van der Waals surface area contributed by atoms with Crippen LogP contribution in [0.1, 0.15) is 10.5 Å². The molecule has 1 aromatic carbocycles. The van der Waals surface area contributed by atoms with Crippen LogP contribution in [0.15, 0.2) is 23.6 Å². The van der Waals surface area contributed by atoms with Crippen LogP contribution in [-0.2, 0) is 0 Å². The van der Waals surface area contributed by atoms with Crippen molar-refractivity contribution in [3.63, 3.8) is 0 Å². The van der Waals surface area contributed by atoms with Crippen LogP contribution in [-0.4, -0.2) is 60.7 Å². The highest BCUT2D eigenvalue weighted by molar-refractivity contribution is 7.14. The average molecular weight is 346 g/mol. The number of ether oxygens (including phenoxy) is 2. The van der Waals surface area contributed by atoms with Gasteiger partial charge in [0.2, 0.25) is 6.79 Å². The lowest BCUT2D eigenvalue weighted by atomic mass is 10.3. The van der Waals surface area contributed by atoms with Gasteiger partial charge in [-0.25, -0.2) is 4.98 Å². The Labute approximate surface area is 143 Å². The molecule has 7 nitrogen and oxygen atoms in total. The van der Waals surface area contributed by atoms with E-state index in [4.69, 9.17) is 9.47 Å². The van der Waals surface area contributed by atoms with Crippen molar-refractivity contribution in [1.82, 2.24) is 14.8 Å². The van der Waals surface area contributed by atoms with Crippen LogP contribution in [0, 0.1) is 0 Å². The van der Waals surface area contributed by atoms with Gasteiger partial charge in [-0.1, -0.05) is 0 Å². The number of thiazole rings is 1. The molecule has 1 amide bonds. The summed E-state index contributed by atoms with van der Waals surface area (Å²) in [6, 6.07) is 5.62. The largest absolute Gasteiger partial charge is 0.454 e. The first kappa shape index (κ1) is 15.2. The zero-order chi connectivity index (χ0) is 16.5. The number of rotatable bonds is 3. The van der Waals surface area contributed by atoms with E-state index in [9.17, 15) is 4.79 Å². The molecule has 1 saturated heterocycles. The molecule has 8 heteroatoms. The lowest BCUT2D eigenvalue weighted by Gasteiger charge is -2.31. The number of carbonyl (C=O) groups excluding carboxylic acids is 1. The van der Waals surface area contributed by atoms with Crippen LogP contribution in [0.5, 0.6) is 11.5 Å². The number of carbonyl (C=O) groups is 1. The third kappa shape index (κ3) is 3.02. The van der Waals surface area contributed by atoms with Crippen LogP contribution in [0.4, 0.5) is 10.8 Å². The number of fused-ring (bicyclic) bond motifs is 1. The standard InChI is InChI=1S/C16H18N4O3S/c1-19-4-6-20(7-5-19)15(21)12-9-24-16(18-12)17-11-2-3-13-14(8-11)23-10-22-13/h2-3,8-9H,4-7,10H2,1H3,(H,17,18). The molecule has 0 aliphatic carbocycles. The number of amides is 1. The average Bonchev–Trinajstić information content (AvgIpc) is 3.24. The number of hydrogen-bond donors (Lipinski definition) is 1. The predicted octanol–water partition coefficient (Wildman–Crippen LogP) is 2.00. The molecule has 3 heterocycles. The second kappa shape index (κ2) is 6.29. The van der Waals surface area contributed by atoms with E-state index in [1.54, 1.807) is 5.38 Å². The number of anilines is 2. The monoisotopic (exact) mass is 346 g/mol. The van der Waals surface area contributed by atoms with Gasteiger partial charge in [-0.3, -0.25) is 4.79 Å². The van der Waals surface area contributed by atoms with E-state index < -0.39 is 0 Å². The molecule has 0 radical (unpaired) electrons. The van der Waals surface area contributed by atoms with E-state index in [1.165, 1.54) is 11.3 Å². The molecule has 0 saturated carbocycles. The van der Waals surface area contributed by atoms with Gasteiger partial charge in [-0.05, 0) is 19.2 Å². The summed E-state index contributed by atoms with van der Waals surface area (Å²) in [6.45, 7) is 3.55. The Balaban J connectivity index is 1.44. The molecule has 24 heavy (non-hydrogen) atoms. The number of nitrogens with zero attached hydrogens (tertiary/aromatic N) is 3. The maximum absolute atomic E-state index is 12.5. The second-order valence-electron chi connectivity index (χ2n) is 5.83. The van der Waals surface area contributed by atoms with Crippen LogP contribution < -0.4 is 14.8 Å². The van der Waals surface area contributed by atoms with Gasteiger partial charge in [-0.15, -0.1) is 11.3 Å². The summed E-state index contributed by atoms with van der Waals surface area (Å²) in [5.41, 5.74) is 1.35. The molecule has 0 bridgehead atoms. The summed E-state index contributed by atoms with van der Waals surface area (Å²) < 4.78 is 10.7. The topological polar surface area (TPSA) is 66.9 Å². The fraction of sp³-hybridized carbons (Fsp3) is 0.375. The molecule has 0 atom stereocenters. The number of benzene rings is 1. The Hall–Kier alpha value is -2.32. The molecule has 2 aliphatic rings.